The molecule has 2 aromatic rings. The van der Waals surface area contributed by atoms with Gasteiger partial charge in [-0.3, -0.25) is 4.79 Å². The van der Waals surface area contributed by atoms with Gasteiger partial charge in [-0.15, -0.1) is 23.7 Å². The van der Waals surface area contributed by atoms with E-state index in [-0.39, 0.29) is 24.2 Å². The Kier molecular flexibility index (Phi) is 7.22. The van der Waals surface area contributed by atoms with Gasteiger partial charge in [-0.05, 0) is 42.6 Å². The van der Waals surface area contributed by atoms with Crippen molar-refractivity contribution < 1.29 is 9.53 Å². The van der Waals surface area contributed by atoms with Crippen LogP contribution in [0.1, 0.15) is 17.7 Å². The first-order valence-corrected chi connectivity index (χ1v) is 7.36. The van der Waals surface area contributed by atoms with Crippen molar-refractivity contribution in [2.45, 2.75) is 12.8 Å². The zero-order valence-electron chi connectivity index (χ0n) is 11.7. The van der Waals surface area contributed by atoms with Crippen molar-refractivity contribution in [1.82, 2.24) is 0 Å². The Morgan fingerprint density at radius 3 is 2.62 bits per heavy atom. The van der Waals surface area contributed by atoms with E-state index < -0.39 is 0 Å². The van der Waals surface area contributed by atoms with Crippen LogP contribution in [0.5, 0.6) is 5.75 Å². The number of rotatable bonds is 6. The molecule has 0 saturated heterocycles. The fourth-order valence-electron chi connectivity index (χ4n) is 1.73. The van der Waals surface area contributed by atoms with Crippen molar-refractivity contribution in [1.29, 1.82) is 0 Å². The predicted molar refractivity (Wildman–Crippen MR) is 89.6 cm³/mol. The maximum Gasteiger partial charge on any atom is 0.232 e. The number of halogens is 1. The first kappa shape index (κ1) is 17.5. The molecule has 1 amide bonds. The van der Waals surface area contributed by atoms with Crippen molar-refractivity contribution in [2.24, 2.45) is 5.73 Å². The molecule has 21 heavy (non-hydrogen) atoms. The molecule has 4 nitrogen and oxygen atoms in total. The first-order chi connectivity index (χ1) is 9.70. The Balaban J connectivity index is 0.00000220. The minimum Gasteiger partial charge on any atom is -0.492 e. The molecule has 0 fully saturated rings. The standard InChI is InChI=1S/C15H18N2O2S.ClH/c1-11(14-3-2-10-20-14)15(18)17-12-4-6-13(7-5-12)19-9-8-16;/h2-7,10-11H,8-9,16H2,1H3,(H,17,18);1H. The molecule has 2 rings (SSSR count). The normalized spacial score (nSPS) is 11.3. The number of ether oxygens (including phenoxy) is 1. The Hall–Kier alpha value is -1.56. The molecular formula is C15H19ClN2O2S. The SMILES string of the molecule is CC(C(=O)Nc1ccc(OCCN)cc1)c1cccs1.Cl. The van der Waals surface area contributed by atoms with E-state index in [1.165, 1.54) is 0 Å². The fourth-order valence-corrected chi connectivity index (χ4v) is 2.51. The number of carbonyl (C=O) groups excluding carboxylic acids is 1. The zero-order valence-corrected chi connectivity index (χ0v) is 13.4. The van der Waals surface area contributed by atoms with Crippen molar-refractivity contribution in [3.8, 4) is 5.75 Å². The number of benzene rings is 1. The van der Waals surface area contributed by atoms with Gasteiger partial charge in [-0.1, -0.05) is 6.07 Å². The molecular weight excluding hydrogens is 308 g/mol. The molecule has 0 aliphatic carbocycles. The summed E-state index contributed by atoms with van der Waals surface area (Å²) in [7, 11) is 0. The summed E-state index contributed by atoms with van der Waals surface area (Å²) in [5.41, 5.74) is 6.13. The van der Waals surface area contributed by atoms with Crippen LogP contribution in [0.15, 0.2) is 41.8 Å². The third-order valence-corrected chi connectivity index (χ3v) is 3.93. The van der Waals surface area contributed by atoms with Crippen molar-refractivity contribution in [3.63, 3.8) is 0 Å². The summed E-state index contributed by atoms with van der Waals surface area (Å²) in [6.07, 6.45) is 0. The maximum atomic E-state index is 12.1. The highest BCUT2D eigenvalue weighted by Gasteiger charge is 2.16. The van der Waals surface area contributed by atoms with Gasteiger partial charge in [0.1, 0.15) is 12.4 Å². The summed E-state index contributed by atoms with van der Waals surface area (Å²) in [6, 6.07) is 11.2. The highest BCUT2D eigenvalue weighted by Crippen LogP contribution is 2.23. The highest BCUT2D eigenvalue weighted by atomic mass is 35.5. The van der Waals surface area contributed by atoms with E-state index in [0.717, 1.165) is 16.3 Å². The summed E-state index contributed by atoms with van der Waals surface area (Å²) in [5.74, 6) is 0.589. The number of carbonyl (C=O) groups is 1. The summed E-state index contributed by atoms with van der Waals surface area (Å²) in [6.45, 7) is 2.87. The van der Waals surface area contributed by atoms with E-state index in [0.29, 0.717) is 13.2 Å². The second kappa shape index (κ2) is 8.67. The van der Waals surface area contributed by atoms with Crippen molar-refractivity contribution >= 4 is 35.3 Å². The van der Waals surface area contributed by atoms with Gasteiger partial charge in [0.25, 0.3) is 0 Å². The Labute approximate surface area is 134 Å². The molecule has 0 bridgehead atoms. The van der Waals surface area contributed by atoms with E-state index in [1.54, 1.807) is 11.3 Å². The molecule has 1 aromatic heterocycles. The lowest BCUT2D eigenvalue weighted by molar-refractivity contribution is -0.117. The molecule has 114 valence electrons. The van der Waals surface area contributed by atoms with Crippen LogP contribution in [0, 0.1) is 0 Å². The van der Waals surface area contributed by atoms with E-state index in [2.05, 4.69) is 5.32 Å². The molecule has 6 heteroatoms. The lowest BCUT2D eigenvalue weighted by atomic mass is 10.1. The largest absolute Gasteiger partial charge is 0.492 e. The monoisotopic (exact) mass is 326 g/mol. The molecule has 3 N–H and O–H groups in total. The Bertz CT molecular complexity index is 543. The molecule has 1 aromatic carbocycles. The van der Waals surface area contributed by atoms with Crippen LogP contribution < -0.4 is 15.8 Å². The Morgan fingerprint density at radius 2 is 2.05 bits per heavy atom. The molecule has 0 aliphatic heterocycles. The van der Waals surface area contributed by atoms with Crippen LogP contribution in [0.3, 0.4) is 0 Å². The topological polar surface area (TPSA) is 64.3 Å². The van der Waals surface area contributed by atoms with E-state index >= 15 is 0 Å². The maximum absolute atomic E-state index is 12.1. The average Bonchev–Trinajstić information content (AvgIpc) is 3.00. The van der Waals surface area contributed by atoms with Crippen LogP contribution in [0.25, 0.3) is 0 Å². The summed E-state index contributed by atoms with van der Waals surface area (Å²) >= 11 is 1.59. The molecule has 0 spiro atoms. The van der Waals surface area contributed by atoms with Gasteiger partial charge < -0.3 is 15.8 Å². The highest BCUT2D eigenvalue weighted by molar-refractivity contribution is 7.10. The second-order valence-electron chi connectivity index (χ2n) is 4.39. The van der Waals surface area contributed by atoms with Crippen LogP contribution in [0.4, 0.5) is 5.69 Å². The lowest BCUT2D eigenvalue weighted by Gasteiger charge is -2.11. The van der Waals surface area contributed by atoms with E-state index in [4.69, 9.17) is 10.5 Å². The summed E-state index contributed by atoms with van der Waals surface area (Å²) < 4.78 is 5.39. The quantitative estimate of drug-likeness (QED) is 0.856. The lowest BCUT2D eigenvalue weighted by Crippen LogP contribution is -2.18. The third-order valence-electron chi connectivity index (χ3n) is 2.87. The van der Waals surface area contributed by atoms with Crippen LogP contribution in [0.2, 0.25) is 0 Å². The molecule has 1 heterocycles. The first-order valence-electron chi connectivity index (χ1n) is 6.48. The minimum absolute atomic E-state index is 0. The number of nitrogens with one attached hydrogen (secondary N) is 1. The number of hydrogen-bond acceptors (Lipinski definition) is 4. The van der Waals surface area contributed by atoms with Gasteiger partial charge in [0, 0.05) is 17.1 Å². The summed E-state index contributed by atoms with van der Waals surface area (Å²) in [4.78, 5) is 13.2. The third kappa shape index (κ3) is 5.04. The Morgan fingerprint density at radius 1 is 1.33 bits per heavy atom. The van der Waals surface area contributed by atoms with Gasteiger partial charge in [-0.2, -0.15) is 0 Å². The smallest absolute Gasteiger partial charge is 0.232 e. The number of hydrogen-bond donors (Lipinski definition) is 2. The number of thiophene rings is 1. The predicted octanol–water partition coefficient (Wildman–Crippen LogP) is 3.25. The average molecular weight is 327 g/mol. The minimum atomic E-state index is -0.150. The van der Waals surface area contributed by atoms with Crippen molar-refractivity contribution in [3.05, 3.63) is 46.7 Å². The molecule has 0 saturated carbocycles. The second-order valence-corrected chi connectivity index (χ2v) is 5.37. The molecule has 0 radical (unpaired) electrons. The van der Waals surface area contributed by atoms with E-state index in [9.17, 15) is 4.79 Å². The molecule has 1 atom stereocenters. The number of nitrogens with two attached hydrogens (primary N) is 1. The van der Waals surface area contributed by atoms with Gasteiger partial charge >= 0.3 is 0 Å². The number of anilines is 1. The zero-order chi connectivity index (χ0) is 14.4. The molecule has 0 aliphatic rings. The van der Waals surface area contributed by atoms with Gasteiger partial charge in [0.05, 0.1) is 5.92 Å². The summed E-state index contributed by atoms with van der Waals surface area (Å²) in [5, 5.41) is 4.88. The van der Waals surface area contributed by atoms with Crippen LogP contribution in [-0.4, -0.2) is 19.1 Å². The molecule has 1 unspecified atom stereocenters. The van der Waals surface area contributed by atoms with E-state index in [1.807, 2.05) is 48.7 Å². The van der Waals surface area contributed by atoms with Crippen LogP contribution >= 0.6 is 23.7 Å². The van der Waals surface area contributed by atoms with Gasteiger partial charge in [0.2, 0.25) is 5.91 Å². The van der Waals surface area contributed by atoms with Crippen LogP contribution in [-0.2, 0) is 4.79 Å². The number of amides is 1. The van der Waals surface area contributed by atoms with Gasteiger partial charge in [-0.25, -0.2) is 0 Å². The fraction of sp³-hybridized carbons (Fsp3) is 0.267. The van der Waals surface area contributed by atoms with Gasteiger partial charge in [0.15, 0.2) is 0 Å². The van der Waals surface area contributed by atoms with Crippen molar-refractivity contribution in [2.75, 3.05) is 18.5 Å².